The molecule has 0 amide bonds. The van der Waals surface area contributed by atoms with Gasteiger partial charge in [-0.2, -0.15) is 0 Å². The molecule has 0 heterocycles. The third-order valence-electron chi connectivity index (χ3n) is 2.44. The standard InChI is InChI=1S/C9H16/c1-3-5-9-7-6-8(9)4-2/h4,8-9H,2-3,5-7H2,1H3. The average molecular weight is 124 g/mol. The van der Waals surface area contributed by atoms with Crippen molar-refractivity contribution in [2.24, 2.45) is 11.8 Å². The second kappa shape index (κ2) is 3.05. The zero-order chi connectivity index (χ0) is 6.69. The van der Waals surface area contributed by atoms with Crippen molar-refractivity contribution in [1.29, 1.82) is 0 Å². The highest BCUT2D eigenvalue weighted by Crippen LogP contribution is 2.37. The van der Waals surface area contributed by atoms with Crippen LogP contribution in [0.1, 0.15) is 32.6 Å². The fraction of sp³-hybridized carbons (Fsp3) is 0.778. The lowest BCUT2D eigenvalue weighted by Crippen LogP contribution is -2.23. The summed E-state index contributed by atoms with van der Waals surface area (Å²) in [5.74, 6) is 1.86. The zero-order valence-corrected chi connectivity index (χ0v) is 6.27. The number of allylic oxidation sites excluding steroid dienone is 1. The molecule has 0 aromatic heterocycles. The quantitative estimate of drug-likeness (QED) is 0.507. The van der Waals surface area contributed by atoms with Crippen LogP contribution in [0.2, 0.25) is 0 Å². The van der Waals surface area contributed by atoms with Crippen LogP contribution < -0.4 is 0 Å². The first kappa shape index (κ1) is 6.85. The summed E-state index contributed by atoms with van der Waals surface area (Å²) in [4.78, 5) is 0. The first-order valence-corrected chi connectivity index (χ1v) is 4.01. The molecular weight excluding hydrogens is 108 g/mol. The van der Waals surface area contributed by atoms with Crippen molar-refractivity contribution in [3.63, 3.8) is 0 Å². The van der Waals surface area contributed by atoms with Gasteiger partial charge in [-0.25, -0.2) is 0 Å². The minimum absolute atomic E-state index is 0.866. The summed E-state index contributed by atoms with van der Waals surface area (Å²) in [6, 6.07) is 0. The van der Waals surface area contributed by atoms with Crippen molar-refractivity contribution in [3.05, 3.63) is 12.7 Å². The molecule has 1 aliphatic carbocycles. The van der Waals surface area contributed by atoms with Crippen molar-refractivity contribution in [1.82, 2.24) is 0 Å². The molecule has 0 bridgehead atoms. The molecule has 0 aromatic rings. The molecule has 2 unspecified atom stereocenters. The van der Waals surface area contributed by atoms with E-state index in [1.165, 1.54) is 25.7 Å². The largest absolute Gasteiger partial charge is 0.103 e. The van der Waals surface area contributed by atoms with E-state index in [1.54, 1.807) is 0 Å². The molecule has 0 spiro atoms. The molecule has 52 valence electrons. The van der Waals surface area contributed by atoms with Gasteiger partial charge in [-0.3, -0.25) is 0 Å². The lowest BCUT2D eigenvalue weighted by Gasteiger charge is -2.34. The maximum atomic E-state index is 3.82. The highest BCUT2D eigenvalue weighted by Gasteiger charge is 2.26. The van der Waals surface area contributed by atoms with E-state index in [-0.39, 0.29) is 0 Å². The summed E-state index contributed by atoms with van der Waals surface area (Å²) in [6.07, 6.45) is 7.73. The van der Waals surface area contributed by atoms with Crippen LogP contribution in [-0.2, 0) is 0 Å². The normalized spacial score (nSPS) is 33.4. The van der Waals surface area contributed by atoms with E-state index in [9.17, 15) is 0 Å². The summed E-state index contributed by atoms with van der Waals surface area (Å²) in [6.45, 7) is 6.08. The van der Waals surface area contributed by atoms with Gasteiger partial charge in [-0.15, -0.1) is 6.58 Å². The van der Waals surface area contributed by atoms with E-state index in [0.29, 0.717) is 0 Å². The predicted octanol–water partition coefficient (Wildman–Crippen LogP) is 3.00. The molecular formula is C9H16. The molecule has 9 heavy (non-hydrogen) atoms. The molecule has 1 fully saturated rings. The Morgan fingerprint density at radius 3 is 2.67 bits per heavy atom. The Morgan fingerprint density at radius 1 is 1.56 bits per heavy atom. The van der Waals surface area contributed by atoms with Crippen LogP contribution in [0.25, 0.3) is 0 Å². The fourth-order valence-corrected chi connectivity index (χ4v) is 1.63. The smallest absolute Gasteiger partial charge is 0.0208 e. The van der Waals surface area contributed by atoms with Gasteiger partial charge in [-0.1, -0.05) is 25.8 Å². The van der Waals surface area contributed by atoms with Crippen molar-refractivity contribution in [3.8, 4) is 0 Å². The summed E-state index contributed by atoms with van der Waals surface area (Å²) in [5, 5.41) is 0. The lowest BCUT2D eigenvalue weighted by atomic mass is 9.72. The van der Waals surface area contributed by atoms with Gasteiger partial charge in [-0.05, 0) is 24.7 Å². The lowest BCUT2D eigenvalue weighted by molar-refractivity contribution is 0.211. The van der Waals surface area contributed by atoms with Crippen LogP contribution in [0.3, 0.4) is 0 Å². The predicted molar refractivity (Wildman–Crippen MR) is 41.3 cm³/mol. The van der Waals surface area contributed by atoms with Crippen molar-refractivity contribution < 1.29 is 0 Å². The summed E-state index contributed by atoms with van der Waals surface area (Å²) in [7, 11) is 0. The van der Waals surface area contributed by atoms with E-state index in [1.807, 2.05) is 0 Å². The minimum atomic E-state index is 0.866. The van der Waals surface area contributed by atoms with Gasteiger partial charge in [0.1, 0.15) is 0 Å². The van der Waals surface area contributed by atoms with Gasteiger partial charge in [0.25, 0.3) is 0 Å². The van der Waals surface area contributed by atoms with Gasteiger partial charge >= 0.3 is 0 Å². The maximum absolute atomic E-state index is 3.82. The van der Waals surface area contributed by atoms with Crippen LogP contribution >= 0.6 is 0 Å². The van der Waals surface area contributed by atoms with Gasteiger partial charge in [0.2, 0.25) is 0 Å². The van der Waals surface area contributed by atoms with Gasteiger partial charge < -0.3 is 0 Å². The maximum Gasteiger partial charge on any atom is -0.0208 e. The second-order valence-electron chi connectivity index (χ2n) is 3.03. The topological polar surface area (TPSA) is 0 Å². The Balaban J connectivity index is 2.18. The highest BCUT2D eigenvalue weighted by molar-refractivity contribution is 4.91. The van der Waals surface area contributed by atoms with E-state index in [2.05, 4.69) is 19.6 Å². The molecule has 0 nitrogen and oxygen atoms in total. The Kier molecular flexibility index (Phi) is 2.32. The molecule has 0 saturated heterocycles. The van der Waals surface area contributed by atoms with Crippen molar-refractivity contribution in [2.45, 2.75) is 32.6 Å². The number of hydrogen-bond donors (Lipinski definition) is 0. The highest BCUT2D eigenvalue weighted by atomic mass is 14.3. The molecule has 1 saturated carbocycles. The van der Waals surface area contributed by atoms with E-state index < -0.39 is 0 Å². The summed E-state index contributed by atoms with van der Waals surface area (Å²) in [5.41, 5.74) is 0. The van der Waals surface area contributed by atoms with Crippen molar-refractivity contribution >= 4 is 0 Å². The monoisotopic (exact) mass is 124 g/mol. The van der Waals surface area contributed by atoms with Crippen LogP contribution in [0.4, 0.5) is 0 Å². The Bertz CT molecular complexity index is 94.2. The molecule has 2 atom stereocenters. The number of rotatable bonds is 3. The van der Waals surface area contributed by atoms with Crippen LogP contribution in [-0.4, -0.2) is 0 Å². The molecule has 1 aliphatic rings. The first-order valence-electron chi connectivity index (χ1n) is 4.01. The van der Waals surface area contributed by atoms with Crippen LogP contribution in [0, 0.1) is 11.8 Å². The van der Waals surface area contributed by atoms with Crippen LogP contribution in [0.15, 0.2) is 12.7 Å². The molecule has 0 aliphatic heterocycles. The van der Waals surface area contributed by atoms with E-state index >= 15 is 0 Å². The molecule has 0 heteroatoms. The third kappa shape index (κ3) is 1.35. The van der Waals surface area contributed by atoms with Crippen molar-refractivity contribution in [2.75, 3.05) is 0 Å². The fourth-order valence-electron chi connectivity index (χ4n) is 1.63. The third-order valence-corrected chi connectivity index (χ3v) is 2.44. The molecule has 0 aromatic carbocycles. The van der Waals surface area contributed by atoms with Gasteiger partial charge in [0.05, 0.1) is 0 Å². The van der Waals surface area contributed by atoms with E-state index in [4.69, 9.17) is 0 Å². The molecule has 0 N–H and O–H groups in total. The first-order chi connectivity index (χ1) is 4.38. The van der Waals surface area contributed by atoms with Gasteiger partial charge in [0, 0.05) is 0 Å². The Labute approximate surface area is 58.0 Å². The average Bonchev–Trinajstić information content (AvgIpc) is 1.82. The van der Waals surface area contributed by atoms with Gasteiger partial charge in [0.15, 0.2) is 0 Å². The summed E-state index contributed by atoms with van der Waals surface area (Å²) >= 11 is 0. The molecule has 0 radical (unpaired) electrons. The van der Waals surface area contributed by atoms with Crippen LogP contribution in [0.5, 0.6) is 0 Å². The second-order valence-corrected chi connectivity index (χ2v) is 3.03. The summed E-state index contributed by atoms with van der Waals surface area (Å²) < 4.78 is 0. The Morgan fingerprint density at radius 2 is 2.33 bits per heavy atom. The van der Waals surface area contributed by atoms with E-state index in [0.717, 1.165) is 11.8 Å². The SMILES string of the molecule is C=CC1CCC1CCC. The Hall–Kier alpha value is -0.260. The molecule has 1 rings (SSSR count). The minimum Gasteiger partial charge on any atom is -0.103 e. The number of hydrogen-bond acceptors (Lipinski definition) is 0. The zero-order valence-electron chi connectivity index (χ0n) is 6.27.